The van der Waals surface area contributed by atoms with Crippen LogP contribution >= 0.6 is 0 Å². The molecule has 1 aliphatic heterocycles. The molecule has 2 aromatic rings. The van der Waals surface area contributed by atoms with Crippen LogP contribution in [-0.2, 0) is 21.3 Å². The van der Waals surface area contributed by atoms with Crippen LogP contribution in [0, 0.1) is 0 Å². The van der Waals surface area contributed by atoms with Crippen LogP contribution in [0.2, 0.25) is 0 Å². The van der Waals surface area contributed by atoms with E-state index in [1.165, 1.54) is 9.87 Å². The van der Waals surface area contributed by atoms with E-state index in [2.05, 4.69) is 17.0 Å². The smallest absolute Gasteiger partial charge is 0.243 e. The average Bonchev–Trinajstić information content (AvgIpc) is 2.73. The number of nitrogens with zero attached hydrogens (tertiary/aromatic N) is 3. The van der Waals surface area contributed by atoms with Gasteiger partial charge in [0.25, 0.3) is 0 Å². The Morgan fingerprint density at radius 2 is 1.72 bits per heavy atom. The molecule has 0 aliphatic carbocycles. The Labute approximate surface area is 174 Å². The monoisotopic (exact) mass is 417 g/mol. The standard InChI is InChI=1S/C22H31N3O3S/c1-18(22-17-25(14-15-28-22)16-19-8-6-5-7-9-19)24(4)29(26,27)21-12-10-20(11-13-21)23(2)3/h5-13,18,22H,14-17H2,1-4H3/t18-,22+/m0/s1. The fourth-order valence-electron chi connectivity index (χ4n) is 3.54. The predicted octanol–water partition coefficient (Wildman–Crippen LogP) is 2.66. The summed E-state index contributed by atoms with van der Waals surface area (Å²) in [5, 5.41) is 0. The molecule has 0 bridgehead atoms. The summed E-state index contributed by atoms with van der Waals surface area (Å²) in [7, 11) is 1.91. The summed E-state index contributed by atoms with van der Waals surface area (Å²) >= 11 is 0. The van der Waals surface area contributed by atoms with Gasteiger partial charge in [-0.25, -0.2) is 8.42 Å². The molecular formula is C22H31N3O3S. The molecule has 1 aliphatic rings. The second kappa shape index (κ2) is 9.26. The van der Waals surface area contributed by atoms with Gasteiger partial charge in [0.05, 0.1) is 17.6 Å². The number of anilines is 1. The van der Waals surface area contributed by atoms with Crippen molar-refractivity contribution in [2.75, 3.05) is 45.7 Å². The van der Waals surface area contributed by atoms with Gasteiger partial charge in [-0.05, 0) is 36.8 Å². The number of rotatable bonds is 7. The first-order valence-electron chi connectivity index (χ1n) is 9.92. The molecule has 1 fully saturated rings. The molecule has 158 valence electrons. The molecule has 0 unspecified atom stereocenters. The van der Waals surface area contributed by atoms with Gasteiger partial charge in [0.1, 0.15) is 0 Å². The zero-order valence-corrected chi connectivity index (χ0v) is 18.5. The predicted molar refractivity (Wildman–Crippen MR) is 117 cm³/mol. The van der Waals surface area contributed by atoms with Crippen molar-refractivity contribution in [1.29, 1.82) is 0 Å². The van der Waals surface area contributed by atoms with Crippen LogP contribution in [0.4, 0.5) is 5.69 Å². The SMILES string of the molecule is C[C@@H]([C@H]1CN(Cc2ccccc2)CCO1)N(C)S(=O)(=O)c1ccc(N(C)C)cc1. The highest BCUT2D eigenvalue weighted by Crippen LogP contribution is 2.23. The Kier molecular flexibility index (Phi) is 6.95. The summed E-state index contributed by atoms with van der Waals surface area (Å²) in [6.07, 6.45) is -0.173. The maximum Gasteiger partial charge on any atom is 0.243 e. The number of likely N-dealkylation sites (N-methyl/N-ethyl adjacent to an activating group) is 1. The third kappa shape index (κ3) is 5.17. The quantitative estimate of drug-likeness (QED) is 0.693. The zero-order chi connectivity index (χ0) is 21.0. The number of ether oxygens (including phenoxy) is 1. The highest BCUT2D eigenvalue weighted by Gasteiger charge is 2.33. The van der Waals surface area contributed by atoms with Crippen LogP contribution in [0.5, 0.6) is 0 Å². The first kappa shape index (κ1) is 21.8. The zero-order valence-electron chi connectivity index (χ0n) is 17.7. The number of morpholine rings is 1. The summed E-state index contributed by atoms with van der Waals surface area (Å²) in [5.41, 5.74) is 2.22. The van der Waals surface area contributed by atoms with E-state index >= 15 is 0 Å². The minimum atomic E-state index is -3.59. The highest BCUT2D eigenvalue weighted by atomic mass is 32.2. The summed E-state index contributed by atoms with van der Waals surface area (Å²) in [4.78, 5) is 4.57. The Bertz CT molecular complexity index is 885. The van der Waals surface area contributed by atoms with Gasteiger partial charge >= 0.3 is 0 Å². The van der Waals surface area contributed by atoms with Crippen molar-refractivity contribution in [3.8, 4) is 0 Å². The van der Waals surface area contributed by atoms with Gasteiger partial charge in [0.15, 0.2) is 0 Å². The van der Waals surface area contributed by atoms with Crippen molar-refractivity contribution in [3.05, 3.63) is 60.2 Å². The molecule has 0 N–H and O–H groups in total. The summed E-state index contributed by atoms with van der Waals surface area (Å²) in [6.45, 7) is 4.92. The normalized spacial score (nSPS) is 19.3. The van der Waals surface area contributed by atoms with Gasteiger partial charge in [-0.3, -0.25) is 4.90 Å². The molecule has 0 saturated carbocycles. The van der Waals surface area contributed by atoms with E-state index in [0.717, 1.165) is 18.8 Å². The van der Waals surface area contributed by atoms with E-state index in [1.807, 2.05) is 56.3 Å². The molecule has 0 radical (unpaired) electrons. The van der Waals surface area contributed by atoms with E-state index in [-0.39, 0.29) is 12.1 Å². The minimum Gasteiger partial charge on any atom is -0.378 e. The molecule has 2 aromatic carbocycles. The van der Waals surface area contributed by atoms with Crippen molar-refractivity contribution in [3.63, 3.8) is 0 Å². The van der Waals surface area contributed by atoms with Gasteiger partial charge in [-0.1, -0.05) is 30.3 Å². The molecule has 3 rings (SSSR count). The second-order valence-corrected chi connectivity index (χ2v) is 9.78. The Hall–Kier alpha value is -1.93. The van der Waals surface area contributed by atoms with E-state index < -0.39 is 10.0 Å². The van der Waals surface area contributed by atoms with Crippen molar-refractivity contribution in [2.24, 2.45) is 0 Å². The van der Waals surface area contributed by atoms with Crippen molar-refractivity contribution in [1.82, 2.24) is 9.21 Å². The maximum absolute atomic E-state index is 13.1. The molecule has 0 amide bonds. The fraction of sp³-hybridized carbons (Fsp3) is 0.455. The third-order valence-corrected chi connectivity index (χ3v) is 7.53. The van der Waals surface area contributed by atoms with Gasteiger partial charge in [0, 0.05) is 52.5 Å². The van der Waals surface area contributed by atoms with E-state index in [1.54, 1.807) is 19.2 Å². The van der Waals surface area contributed by atoms with E-state index in [0.29, 0.717) is 18.0 Å². The lowest BCUT2D eigenvalue weighted by molar-refractivity contribution is -0.0554. The molecule has 0 spiro atoms. The summed E-state index contributed by atoms with van der Waals surface area (Å²) < 4.78 is 33.6. The molecular weight excluding hydrogens is 386 g/mol. The Morgan fingerprint density at radius 3 is 2.34 bits per heavy atom. The lowest BCUT2D eigenvalue weighted by Gasteiger charge is -2.38. The number of benzene rings is 2. The van der Waals surface area contributed by atoms with Crippen LogP contribution in [0.25, 0.3) is 0 Å². The maximum atomic E-state index is 13.1. The van der Waals surface area contributed by atoms with Gasteiger partial charge < -0.3 is 9.64 Å². The Morgan fingerprint density at radius 1 is 1.07 bits per heavy atom. The average molecular weight is 418 g/mol. The molecule has 0 aromatic heterocycles. The lowest BCUT2D eigenvalue weighted by Crippen LogP contribution is -2.52. The molecule has 1 saturated heterocycles. The number of hydrogen-bond acceptors (Lipinski definition) is 5. The molecule has 6 nitrogen and oxygen atoms in total. The van der Waals surface area contributed by atoms with Crippen LogP contribution in [0.15, 0.2) is 59.5 Å². The molecule has 7 heteroatoms. The topological polar surface area (TPSA) is 53.1 Å². The molecule has 29 heavy (non-hydrogen) atoms. The molecule has 1 heterocycles. The van der Waals surface area contributed by atoms with Crippen molar-refractivity contribution in [2.45, 2.75) is 30.5 Å². The number of sulfonamides is 1. The second-order valence-electron chi connectivity index (χ2n) is 7.78. The van der Waals surface area contributed by atoms with Gasteiger partial charge in [-0.2, -0.15) is 4.31 Å². The van der Waals surface area contributed by atoms with Crippen LogP contribution in [-0.4, -0.2) is 70.6 Å². The third-order valence-electron chi connectivity index (χ3n) is 5.57. The van der Waals surface area contributed by atoms with Gasteiger partial charge in [-0.15, -0.1) is 0 Å². The van der Waals surface area contributed by atoms with Crippen LogP contribution in [0.1, 0.15) is 12.5 Å². The van der Waals surface area contributed by atoms with Crippen LogP contribution < -0.4 is 4.90 Å². The fourth-order valence-corrected chi connectivity index (χ4v) is 4.93. The highest BCUT2D eigenvalue weighted by molar-refractivity contribution is 7.89. The number of hydrogen-bond donors (Lipinski definition) is 0. The van der Waals surface area contributed by atoms with E-state index in [4.69, 9.17) is 4.74 Å². The first-order chi connectivity index (χ1) is 13.8. The van der Waals surface area contributed by atoms with Crippen molar-refractivity contribution >= 4 is 15.7 Å². The van der Waals surface area contributed by atoms with Crippen molar-refractivity contribution < 1.29 is 13.2 Å². The summed E-state index contributed by atoms with van der Waals surface area (Å²) in [5.74, 6) is 0. The van der Waals surface area contributed by atoms with E-state index in [9.17, 15) is 8.42 Å². The lowest BCUT2D eigenvalue weighted by atomic mass is 10.1. The van der Waals surface area contributed by atoms with Gasteiger partial charge in [0.2, 0.25) is 10.0 Å². The minimum absolute atomic E-state index is 0.173. The largest absolute Gasteiger partial charge is 0.378 e. The Balaban J connectivity index is 1.68. The summed E-state index contributed by atoms with van der Waals surface area (Å²) in [6, 6.07) is 17.0. The first-order valence-corrected chi connectivity index (χ1v) is 11.4. The molecule has 2 atom stereocenters. The van der Waals surface area contributed by atoms with Crippen LogP contribution in [0.3, 0.4) is 0 Å².